The molecule has 0 aromatic rings. The van der Waals surface area contributed by atoms with Gasteiger partial charge in [0, 0.05) is 37.4 Å². The standard InChI is InChI=1S/C18H26N2O4S2/c1-13(21)5-11-25-17-7-3-9-19(17)16(24)18(26-12-6-14(2)22)8-4-10-20(18)15(17)23/h3-12H2,1-2H3/t17-,18-/m0/s1. The first-order valence-corrected chi connectivity index (χ1v) is 11.2. The number of carbonyl (C=O) groups excluding carboxylic acids is 4. The van der Waals surface area contributed by atoms with Crippen molar-refractivity contribution in [2.75, 3.05) is 24.6 Å². The van der Waals surface area contributed by atoms with E-state index >= 15 is 0 Å². The molecular formula is C18H26N2O4S2. The molecule has 0 saturated carbocycles. The van der Waals surface area contributed by atoms with E-state index in [1.165, 1.54) is 23.5 Å². The maximum atomic E-state index is 13.5. The van der Waals surface area contributed by atoms with Crippen molar-refractivity contribution in [3.63, 3.8) is 0 Å². The van der Waals surface area contributed by atoms with Gasteiger partial charge in [0.15, 0.2) is 9.74 Å². The Morgan fingerprint density at radius 3 is 1.58 bits per heavy atom. The molecule has 8 heteroatoms. The molecule has 3 heterocycles. The van der Waals surface area contributed by atoms with Crippen molar-refractivity contribution < 1.29 is 19.2 Å². The first-order valence-electron chi connectivity index (χ1n) is 9.24. The summed E-state index contributed by atoms with van der Waals surface area (Å²) in [7, 11) is 0. The Balaban J connectivity index is 1.84. The lowest BCUT2D eigenvalue weighted by atomic mass is 10.0. The quantitative estimate of drug-likeness (QED) is 0.623. The Bertz CT molecular complexity index is 587. The van der Waals surface area contributed by atoms with E-state index in [-0.39, 0.29) is 23.4 Å². The highest BCUT2D eigenvalue weighted by Gasteiger charge is 2.66. The lowest BCUT2D eigenvalue weighted by molar-refractivity contribution is -0.161. The molecule has 0 spiro atoms. The number of ketones is 2. The van der Waals surface area contributed by atoms with Gasteiger partial charge >= 0.3 is 0 Å². The third-order valence-electron chi connectivity index (χ3n) is 5.42. The molecule has 6 nitrogen and oxygen atoms in total. The van der Waals surface area contributed by atoms with Gasteiger partial charge in [-0.15, -0.1) is 23.5 Å². The molecule has 0 N–H and O–H groups in total. The van der Waals surface area contributed by atoms with Gasteiger partial charge < -0.3 is 9.80 Å². The van der Waals surface area contributed by atoms with E-state index in [2.05, 4.69) is 0 Å². The molecular weight excluding hydrogens is 372 g/mol. The molecule has 2 amide bonds. The van der Waals surface area contributed by atoms with E-state index in [1.807, 2.05) is 0 Å². The predicted octanol–water partition coefficient (Wildman–Crippen LogP) is 2.06. The Morgan fingerprint density at radius 1 is 0.846 bits per heavy atom. The highest BCUT2D eigenvalue weighted by Crippen LogP contribution is 2.53. The van der Waals surface area contributed by atoms with Crippen LogP contribution in [0.4, 0.5) is 0 Å². The topological polar surface area (TPSA) is 74.8 Å². The van der Waals surface area contributed by atoms with Crippen LogP contribution in [0, 0.1) is 0 Å². The van der Waals surface area contributed by atoms with Crippen LogP contribution in [0.5, 0.6) is 0 Å². The van der Waals surface area contributed by atoms with Crippen LogP contribution in [-0.2, 0) is 19.2 Å². The van der Waals surface area contributed by atoms with Gasteiger partial charge in [0.25, 0.3) is 11.8 Å². The minimum Gasteiger partial charge on any atom is -0.317 e. The van der Waals surface area contributed by atoms with Crippen molar-refractivity contribution in [3.8, 4) is 0 Å². The van der Waals surface area contributed by atoms with Crippen molar-refractivity contribution in [1.29, 1.82) is 0 Å². The SMILES string of the molecule is CC(=O)CCS[C@]12CCCN1C(=O)[C@@]1(SCCC(C)=O)CCCN1C2=O. The number of piperazine rings is 1. The number of carbonyl (C=O) groups is 4. The van der Waals surface area contributed by atoms with Gasteiger partial charge in [-0.1, -0.05) is 0 Å². The van der Waals surface area contributed by atoms with Crippen molar-refractivity contribution >= 4 is 46.9 Å². The van der Waals surface area contributed by atoms with Crippen LogP contribution in [0.2, 0.25) is 0 Å². The lowest BCUT2D eigenvalue weighted by Crippen LogP contribution is -2.71. The molecule has 3 saturated heterocycles. The molecule has 0 aliphatic carbocycles. The molecule has 0 aromatic carbocycles. The van der Waals surface area contributed by atoms with Gasteiger partial charge in [0.2, 0.25) is 0 Å². The number of hydrogen-bond donors (Lipinski definition) is 0. The zero-order valence-electron chi connectivity index (χ0n) is 15.4. The zero-order valence-corrected chi connectivity index (χ0v) is 17.0. The molecule has 0 radical (unpaired) electrons. The summed E-state index contributed by atoms with van der Waals surface area (Å²) in [6.45, 7) is 4.30. The summed E-state index contributed by atoms with van der Waals surface area (Å²) in [5.74, 6) is 1.37. The van der Waals surface area contributed by atoms with Crippen LogP contribution in [0.25, 0.3) is 0 Å². The molecule has 3 aliphatic heterocycles. The highest BCUT2D eigenvalue weighted by molar-refractivity contribution is 8.02. The van der Waals surface area contributed by atoms with Crippen molar-refractivity contribution in [3.05, 3.63) is 0 Å². The van der Waals surface area contributed by atoms with Crippen LogP contribution in [0.3, 0.4) is 0 Å². The zero-order chi connectivity index (χ0) is 18.9. The Labute approximate surface area is 162 Å². The van der Waals surface area contributed by atoms with E-state index < -0.39 is 9.74 Å². The number of thioether (sulfide) groups is 2. The molecule has 3 fully saturated rings. The number of rotatable bonds is 8. The molecule has 2 atom stereocenters. The molecule has 0 bridgehead atoms. The molecule has 0 aromatic heterocycles. The summed E-state index contributed by atoms with van der Waals surface area (Å²) in [4.78, 5) is 51.5. The van der Waals surface area contributed by atoms with Gasteiger partial charge in [-0.2, -0.15) is 0 Å². The van der Waals surface area contributed by atoms with Crippen molar-refractivity contribution in [2.24, 2.45) is 0 Å². The first-order chi connectivity index (χ1) is 12.3. The predicted molar refractivity (Wildman–Crippen MR) is 103 cm³/mol. The molecule has 0 unspecified atom stereocenters. The van der Waals surface area contributed by atoms with E-state index in [0.717, 1.165) is 12.8 Å². The maximum absolute atomic E-state index is 13.5. The van der Waals surface area contributed by atoms with Crippen LogP contribution >= 0.6 is 23.5 Å². The average molecular weight is 399 g/mol. The second-order valence-corrected chi connectivity index (χ2v) is 10.0. The van der Waals surface area contributed by atoms with Gasteiger partial charge in [-0.05, 0) is 39.5 Å². The maximum Gasteiger partial charge on any atom is 0.260 e. The number of amides is 2. The fraction of sp³-hybridized carbons (Fsp3) is 0.778. The summed E-state index contributed by atoms with van der Waals surface area (Å²) in [5.41, 5.74) is 0. The van der Waals surface area contributed by atoms with Gasteiger partial charge in [0.05, 0.1) is 0 Å². The fourth-order valence-corrected chi connectivity index (χ4v) is 7.29. The van der Waals surface area contributed by atoms with E-state index in [9.17, 15) is 19.2 Å². The third kappa shape index (κ3) is 3.19. The highest BCUT2D eigenvalue weighted by atomic mass is 32.2. The van der Waals surface area contributed by atoms with E-state index in [1.54, 1.807) is 23.6 Å². The van der Waals surface area contributed by atoms with Crippen molar-refractivity contribution in [1.82, 2.24) is 9.80 Å². The minimum atomic E-state index is -0.832. The summed E-state index contributed by atoms with van der Waals surface area (Å²) < 4.78 is 0. The minimum absolute atomic E-state index is 0.0241. The summed E-state index contributed by atoms with van der Waals surface area (Å²) in [6.07, 6.45) is 3.77. The second-order valence-electron chi connectivity index (χ2n) is 7.29. The second kappa shape index (κ2) is 7.54. The Kier molecular flexibility index (Phi) is 5.72. The van der Waals surface area contributed by atoms with Gasteiger partial charge in [-0.25, -0.2) is 0 Å². The summed E-state index contributed by atoms with van der Waals surface area (Å²) in [6, 6.07) is 0. The van der Waals surface area contributed by atoms with Crippen LogP contribution < -0.4 is 0 Å². The van der Waals surface area contributed by atoms with Crippen LogP contribution in [0.1, 0.15) is 52.4 Å². The number of nitrogens with zero attached hydrogens (tertiary/aromatic N) is 2. The van der Waals surface area contributed by atoms with Crippen LogP contribution in [-0.4, -0.2) is 67.5 Å². The monoisotopic (exact) mass is 398 g/mol. The van der Waals surface area contributed by atoms with E-state index in [0.29, 0.717) is 50.3 Å². The number of hydrogen-bond acceptors (Lipinski definition) is 6. The summed E-state index contributed by atoms with van der Waals surface area (Å²) >= 11 is 2.92. The normalized spacial score (nSPS) is 30.5. The largest absolute Gasteiger partial charge is 0.317 e. The molecule has 3 aliphatic rings. The number of fused-ring (bicyclic) bond motifs is 2. The molecule has 26 heavy (non-hydrogen) atoms. The van der Waals surface area contributed by atoms with Gasteiger partial charge in [0.1, 0.15) is 11.6 Å². The Morgan fingerprint density at radius 2 is 1.23 bits per heavy atom. The van der Waals surface area contributed by atoms with Gasteiger partial charge in [-0.3, -0.25) is 19.2 Å². The number of Topliss-reactive ketones (excluding diaryl/α,β-unsaturated/α-hetero) is 2. The van der Waals surface area contributed by atoms with E-state index in [4.69, 9.17) is 0 Å². The fourth-order valence-electron chi connectivity index (χ4n) is 4.13. The summed E-state index contributed by atoms with van der Waals surface area (Å²) in [5, 5.41) is 0. The first kappa shape index (κ1) is 19.7. The molecule has 144 valence electrons. The smallest absolute Gasteiger partial charge is 0.260 e. The van der Waals surface area contributed by atoms with Crippen molar-refractivity contribution in [2.45, 2.75) is 62.1 Å². The third-order valence-corrected chi connectivity index (χ3v) is 8.39. The van der Waals surface area contributed by atoms with Crippen LogP contribution in [0.15, 0.2) is 0 Å². The average Bonchev–Trinajstić information content (AvgIpc) is 3.18. The Hall–Kier alpha value is -1.02. The molecule has 3 rings (SSSR count). The lowest BCUT2D eigenvalue weighted by Gasteiger charge is -2.52.